The van der Waals surface area contributed by atoms with Crippen LogP contribution >= 0.6 is 0 Å². The first-order valence-corrected chi connectivity index (χ1v) is 5.11. The Kier molecular flexibility index (Phi) is 4.22. The molecule has 0 amide bonds. The van der Waals surface area contributed by atoms with Gasteiger partial charge >= 0.3 is 5.97 Å². The Morgan fingerprint density at radius 2 is 2.31 bits per heavy atom. The summed E-state index contributed by atoms with van der Waals surface area (Å²) in [4.78, 5) is 11.3. The summed E-state index contributed by atoms with van der Waals surface area (Å²) in [5.41, 5.74) is 0. The fourth-order valence-corrected chi connectivity index (χ4v) is 1.35. The molecule has 76 valence electrons. The SMILES string of the molecule is CCCCC(NC1CC1)C(=O)OC. The number of carbonyl (C=O) groups excluding carboxylic acids is 1. The molecule has 0 spiro atoms. The normalized spacial score (nSPS) is 18.3. The van der Waals surface area contributed by atoms with Crippen molar-refractivity contribution in [3.8, 4) is 0 Å². The molecule has 0 aromatic rings. The molecule has 1 rings (SSSR count). The van der Waals surface area contributed by atoms with Crippen LogP contribution in [0.4, 0.5) is 0 Å². The zero-order valence-electron chi connectivity index (χ0n) is 8.51. The molecule has 1 fully saturated rings. The molecule has 3 heteroatoms. The predicted octanol–water partition coefficient (Wildman–Crippen LogP) is 1.47. The number of hydrogen-bond donors (Lipinski definition) is 1. The van der Waals surface area contributed by atoms with E-state index in [2.05, 4.69) is 12.2 Å². The van der Waals surface area contributed by atoms with Crippen molar-refractivity contribution < 1.29 is 9.53 Å². The third-order valence-corrected chi connectivity index (χ3v) is 2.35. The second-order valence-electron chi connectivity index (χ2n) is 3.66. The molecule has 1 aliphatic carbocycles. The smallest absolute Gasteiger partial charge is 0.322 e. The van der Waals surface area contributed by atoms with Gasteiger partial charge < -0.3 is 10.1 Å². The van der Waals surface area contributed by atoms with Gasteiger partial charge in [-0.3, -0.25) is 4.79 Å². The second kappa shape index (κ2) is 5.22. The lowest BCUT2D eigenvalue weighted by molar-refractivity contribution is -0.143. The summed E-state index contributed by atoms with van der Waals surface area (Å²) in [6.45, 7) is 2.13. The van der Waals surface area contributed by atoms with Crippen LogP contribution in [0.5, 0.6) is 0 Å². The van der Waals surface area contributed by atoms with Crippen molar-refractivity contribution in [2.45, 2.75) is 51.1 Å². The Bertz CT molecular complexity index is 166. The van der Waals surface area contributed by atoms with Gasteiger partial charge in [0.2, 0.25) is 0 Å². The van der Waals surface area contributed by atoms with E-state index in [1.807, 2.05) is 0 Å². The van der Waals surface area contributed by atoms with Crippen molar-refractivity contribution in [2.75, 3.05) is 7.11 Å². The number of carbonyl (C=O) groups is 1. The summed E-state index contributed by atoms with van der Waals surface area (Å²) in [7, 11) is 1.45. The number of esters is 1. The van der Waals surface area contributed by atoms with Crippen LogP contribution in [0.25, 0.3) is 0 Å². The zero-order chi connectivity index (χ0) is 9.68. The molecule has 0 saturated heterocycles. The third-order valence-electron chi connectivity index (χ3n) is 2.35. The minimum absolute atomic E-state index is 0.0718. The van der Waals surface area contributed by atoms with E-state index in [-0.39, 0.29) is 12.0 Å². The average molecular weight is 185 g/mol. The van der Waals surface area contributed by atoms with E-state index in [1.165, 1.54) is 20.0 Å². The predicted molar refractivity (Wildman–Crippen MR) is 51.5 cm³/mol. The van der Waals surface area contributed by atoms with E-state index in [0.29, 0.717) is 6.04 Å². The fraction of sp³-hybridized carbons (Fsp3) is 0.900. The van der Waals surface area contributed by atoms with Crippen LogP contribution in [0, 0.1) is 0 Å². The highest BCUT2D eigenvalue weighted by molar-refractivity contribution is 5.75. The molecule has 1 atom stereocenters. The van der Waals surface area contributed by atoms with Gasteiger partial charge in [0.15, 0.2) is 0 Å². The topological polar surface area (TPSA) is 38.3 Å². The zero-order valence-corrected chi connectivity index (χ0v) is 8.51. The van der Waals surface area contributed by atoms with Crippen molar-refractivity contribution in [2.24, 2.45) is 0 Å². The number of rotatable bonds is 6. The van der Waals surface area contributed by atoms with Crippen LogP contribution in [0.2, 0.25) is 0 Å². The molecule has 0 bridgehead atoms. The number of ether oxygens (including phenoxy) is 1. The maximum absolute atomic E-state index is 11.3. The fourth-order valence-electron chi connectivity index (χ4n) is 1.35. The number of methoxy groups -OCH3 is 1. The van der Waals surface area contributed by atoms with Crippen molar-refractivity contribution in [1.82, 2.24) is 5.32 Å². The molecule has 1 aliphatic rings. The first-order chi connectivity index (χ1) is 6.27. The van der Waals surface area contributed by atoms with Crippen LogP contribution in [-0.4, -0.2) is 25.2 Å². The van der Waals surface area contributed by atoms with Gasteiger partial charge in [-0.1, -0.05) is 19.8 Å². The van der Waals surface area contributed by atoms with E-state index >= 15 is 0 Å². The number of unbranched alkanes of at least 4 members (excludes halogenated alkanes) is 1. The number of hydrogen-bond acceptors (Lipinski definition) is 3. The minimum atomic E-state index is -0.111. The monoisotopic (exact) mass is 185 g/mol. The molecule has 0 radical (unpaired) electrons. The maximum Gasteiger partial charge on any atom is 0.322 e. The van der Waals surface area contributed by atoms with Crippen molar-refractivity contribution >= 4 is 5.97 Å². The Morgan fingerprint density at radius 3 is 2.77 bits per heavy atom. The van der Waals surface area contributed by atoms with E-state index in [4.69, 9.17) is 4.74 Å². The van der Waals surface area contributed by atoms with E-state index in [0.717, 1.165) is 19.3 Å². The second-order valence-corrected chi connectivity index (χ2v) is 3.66. The van der Waals surface area contributed by atoms with Crippen LogP contribution < -0.4 is 5.32 Å². The van der Waals surface area contributed by atoms with Gasteiger partial charge in [0.25, 0.3) is 0 Å². The van der Waals surface area contributed by atoms with Crippen molar-refractivity contribution in [3.63, 3.8) is 0 Å². The van der Waals surface area contributed by atoms with E-state index in [1.54, 1.807) is 0 Å². The van der Waals surface area contributed by atoms with Gasteiger partial charge in [-0.05, 0) is 19.3 Å². The van der Waals surface area contributed by atoms with Crippen LogP contribution in [0.1, 0.15) is 39.0 Å². The largest absolute Gasteiger partial charge is 0.468 e. The lowest BCUT2D eigenvalue weighted by atomic mass is 10.1. The van der Waals surface area contributed by atoms with Crippen molar-refractivity contribution in [1.29, 1.82) is 0 Å². The summed E-state index contributed by atoms with van der Waals surface area (Å²) >= 11 is 0. The molecular weight excluding hydrogens is 166 g/mol. The van der Waals surface area contributed by atoms with E-state index in [9.17, 15) is 4.79 Å². The Labute approximate surface area is 79.8 Å². The highest BCUT2D eigenvalue weighted by atomic mass is 16.5. The van der Waals surface area contributed by atoms with Gasteiger partial charge in [0.05, 0.1) is 7.11 Å². The molecule has 3 nitrogen and oxygen atoms in total. The maximum atomic E-state index is 11.3. The van der Waals surface area contributed by atoms with Crippen molar-refractivity contribution in [3.05, 3.63) is 0 Å². The Morgan fingerprint density at radius 1 is 1.62 bits per heavy atom. The third kappa shape index (κ3) is 3.77. The highest BCUT2D eigenvalue weighted by Gasteiger charge is 2.28. The summed E-state index contributed by atoms with van der Waals surface area (Å²) in [6, 6.07) is 0.499. The summed E-state index contributed by atoms with van der Waals surface area (Å²) < 4.78 is 4.74. The molecular formula is C10H19NO2. The number of nitrogens with one attached hydrogen (secondary N) is 1. The van der Waals surface area contributed by atoms with Crippen LogP contribution in [0.3, 0.4) is 0 Å². The van der Waals surface area contributed by atoms with Crippen LogP contribution in [0.15, 0.2) is 0 Å². The molecule has 0 heterocycles. The molecule has 1 saturated carbocycles. The van der Waals surface area contributed by atoms with Crippen LogP contribution in [-0.2, 0) is 9.53 Å². The summed E-state index contributed by atoms with van der Waals surface area (Å²) in [6.07, 6.45) is 5.53. The standard InChI is InChI=1S/C10H19NO2/c1-3-4-5-9(10(12)13-2)11-8-6-7-8/h8-9,11H,3-7H2,1-2H3. The first-order valence-electron chi connectivity index (χ1n) is 5.11. The first kappa shape index (κ1) is 10.5. The summed E-state index contributed by atoms with van der Waals surface area (Å²) in [5, 5.41) is 3.30. The molecule has 0 aromatic carbocycles. The molecule has 1 N–H and O–H groups in total. The quantitative estimate of drug-likeness (QED) is 0.637. The van der Waals surface area contributed by atoms with Gasteiger partial charge in [0, 0.05) is 6.04 Å². The molecule has 13 heavy (non-hydrogen) atoms. The molecule has 1 unspecified atom stereocenters. The van der Waals surface area contributed by atoms with Gasteiger partial charge in [-0.2, -0.15) is 0 Å². The van der Waals surface area contributed by atoms with Gasteiger partial charge in [-0.25, -0.2) is 0 Å². The van der Waals surface area contributed by atoms with Gasteiger partial charge in [0.1, 0.15) is 6.04 Å². The van der Waals surface area contributed by atoms with E-state index < -0.39 is 0 Å². The molecule has 0 aliphatic heterocycles. The minimum Gasteiger partial charge on any atom is -0.468 e. The average Bonchev–Trinajstić information content (AvgIpc) is 2.94. The Hall–Kier alpha value is -0.570. The molecule has 0 aromatic heterocycles. The lowest BCUT2D eigenvalue weighted by Gasteiger charge is -2.15. The highest BCUT2D eigenvalue weighted by Crippen LogP contribution is 2.20. The summed E-state index contributed by atoms with van der Waals surface area (Å²) in [5.74, 6) is -0.111. The lowest BCUT2D eigenvalue weighted by Crippen LogP contribution is -2.38. The van der Waals surface area contributed by atoms with Gasteiger partial charge in [-0.15, -0.1) is 0 Å². The Balaban J connectivity index is 2.27.